The molecule has 0 radical (unpaired) electrons. The van der Waals surface area contributed by atoms with Crippen molar-refractivity contribution in [2.24, 2.45) is 4.99 Å². The number of alkyl halides is 2. The van der Waals surface area contributed by atoms with Crippen molar-refractivity contribution in [1.29, 1.82) is 0 Å². The molecular weight excluding hydrogens is 515 g/mol. The summed E-state index contributed by atoms with van der Waals surface area (Å²) in [5.74, 6) is 0.693. The lowest BCUT2D eigenvalue weighted by Crippen LogP contribution is -2.44. The van der Waals surface area contributed by atoms with E-state index in [4.69, 9.17) is 4.74 Å². The van der Waals surface area contributed by atoms with E-state index in [1.54, 1.807) is 19.1 Å². The van der Waals surface area contributed by atoms with Gasteiger partial charge in [-0.2, -0.15) is 20.1 Å². The van der Waals surface area contributed by atoms with Crippen LogP contribution in [-0.4, -0.2) is 37.9 Å². The average molecular weight is 541 g/mol. The zero-order valence-electron chi connectivity index (χ0n) is 16.4. The van der Waals surface area contributed by atoms with Crippen LogP contribution in [0.25, 0.3) is 0 Å². The fourth-order valence-corrected chi connectivity index (χ4v) is 3.23. The number of ether oxygens (including phenoxy) is 2. The van der Waals surface area contributed by atoms with Gasteiger partial charge in [-0.25, -0.2) is 4.99 Å². The van der Waals surface area contributed by atoms with Gasteiger partial charge in [-0.05, 0) is 53.9 Å². The number of halogens is 3. The van der Waals surface area contributed by atoms with Gasteiger partial charge in [-0.15, -0.1) is 24.0 Å². The molecule has 0 amide bonds. The number of rotatable bonds is 9. The quantitative estimate of drug-likeness (QED) is 0.255. The van der Waals surface area contributed by atoms with Crippen molar-refractivity contribution >= 4 is 41.3 Å². The second-order valence-electron chi connectivity index (χ2n) is 6.20. The predicted molar refractivity (Wildman–Crippen MR) is 122 cm³/mol. The van der Waals surface area contributed by atoms with Gasteiger partial charge in [0.25, 0.3) is 0 Å². The van der Waals surface area contributed by atoms with Crippen molar-refractivity contribution in [2.45, 2.75) is 32.6 Å². The molecule has 1 aromatic heterocycles. The summed E-state index contributed by atoms with van der Waals surface area (Å²) in [6, 6.07) is 6.63. The van der Waals surface area contributed by atoms with E-state index in [2.05, 4.69) is 20.4 Å². The van der Waals surface area contributed by atoms with E-state index in [1.807, 2.05) is 23.8 Å². The first-order valence-electron chi connectivity index (χ1n) is 8.74. The molecule has 0 aliphatic carbocycles. The number of guanidine groups is 1. The smallest absolute Gasteiger partial charge is 0.387 e. The van der Waals surface area contributed by atoms with Crippen molar-refractivity contribution in [3.05, 3.63) is 46.2 Å². The molecule has 1 heterocycles. The van der Waals surface area contributed by atoms with Gasteiger partial charge in [0.15, 0.2) is 17.5 Å². The standard InChI is InChI=1S/C19H25F2N3O3S.HI/c1-4-22-18(24-12-19(2,25)14-7-8-28-11-14)23-10-13-5-6-15(26-3)16(9-13)27-17(20)21;/h5-9,11,17,25H,4,10,12H2,1-3H3,(H2,22,23,24);1H. The van der Waals surface area contributed by atoms with Crippen molar-refractivity contribution in [3.63, 3.8) is 0 Å². The fourth-order valence-electron chi connectivity index (χ4n) is 2.45. The van der Waals surface area contributed by atoms with Crippen LogP contribution in [0.2, 0.25) is 0 Å². The van der Waals surface area contributed by atoms with Crippen molar-refractivity contribution in [3.8, 4) is 11.5 Å². The molecule has 6 nitrogen and oxygen atoms in total. The van der Waals surface area contributed by atoms with Gasteiger partial charge in [-0.1, -0.05) is 6.07 Å². The minimum absolute atomic E-state index is 0. The molecule has 2 aromatic rings. The van der Waals surface area contributed by atoms with E-state index < -0.39 is 12.2 Å². The highest BCUT2D eigenvalue weighted by Crippen LogP contribution is 2.29. The Bertz CT molecular complexity index is 774. The van der Waals surface area contributed by atoms with E-state index in [0.29, 0.717) is 18.1 Å². The normalized spacial score (nSPS) is 13.4. The van der Waals surface area contributed by atoms with Gasteiger partial charge in [0.1, 0.15) is 5.60 Å². The van der Waals surface area contributed by atoms with Crippen molar-refractivity contribution in [2.75, 3.05) is 20.2 Å². The molecule has 0 aliphatic rings. The van der Waals surface area contributed by atoms with Crippen LogP contribution in [0.1, 0.15) is 25.0 Å². The number of benzene rings is 1. The molecule has 1 atom stereocenters. The van der Waals surface area contributed by atoms with Crippen LogP contribution >= 0.6 is 35.3 Å². The summed E-state index contributed by atoms with van der Waals surface area (Å²) in [6.45, 7) is 1.84. The fraction of sp³-hybridized carbons (Fsp3) is 0.421. The van der Waals surface area contributed by atoms with E-state index in [9.17, 15) is 13.9 Å². The Hall–Kier alpha value is -1.66. The number of nitrogens with zero attached hydrogens (tertiary/aromatic N) is 1. The van der Waals surface area contributed by atoms with Crippen LogP contribution in [0.15, 0.2) is 40.0 Å². The van der Waals surface area contributed by atoms with E-state index in [-0.39, 0.29) is 48.6 Å². The van der Waals surface area contributed by atoms with Gasteiger partial charge in [0.2, 0.25) is 0 Å². The molecule has 0 fully saturated rings. The van der Waals surface area contributed by atoms with Crippen LogP contribution in [-0.2, 0) is 12.1 Å². The highest BCUT2D eigenvalue weighted by molar-refractivity contribution is 14.0. The Morgan fingerprint density at radius 1 is 1.28 bits per heavy atom. The first kappa shape index (κ1) is 25.4. The molecule has 10 heteroatoms. The third-order valence-corrected chi connectivity index (χ3v) is 4.63. The highest BCUT2D eigenvalue weighted by Gasteiger charge is 2.23. The van der Waals surface area contributed by atoms with Crippen LogP contribution in [0.3, 0.4) is 0 Å². The zero-order chi connectivity index (χ0) is 20.6. The Kier molecular flexibility index (Phi) is 10.6. The first-order valence-corrected chi connectivity index (χ1v) is 9.69. The van der Waals surface area contributed by atoms with E-state index >= 15 is 0 Å². The topological polar surface area (TPSA) is 75.1 Å². The maximum atomic E-state index is 12.6. The second kappa shape index (κ2) is 12.1. The van der Waals surface area contributed by atoms with Gasteiger partial charge in [-0.3, -0.25) is 0 Å². The first-order chi connectivity index (χ1) is 13.4. The molecular formula is C19H26F2IN3O3S. The summed E-state index contributed by atoms with van der Waals surface area (Å²) in [4.78, 5) is 4.45. The van der Waals surface area contributed by atoms with Gasteiger partial charge >= 0.3 is 6.61 Å². The molecule has 0 saturated heterocycles. The molecule has 0 bridgehead atoms. The number of hydrogen-bond donors (Lipinski definition) is 3. The van der Waals surface area contributed by atoms with E-state index in [1.165, 1.54) is 24.5 Å². The second-order valence-corrected chi connectivity index (χ2v) is 6.98. The van der Waals surface area contributed by atoms with Crippen LogP contribution < -0.4 is 20.1 Å². The Balaban J connectivity index is 0.00000420. The third kappa shape index (κ3) is 7.94. The van der Waals surface area contributed by atoms with Gasteiger partial charge in [0.05, 0.1) is 20.2 Å². The molecule has 0 aliphatic heterocycles. The minimum Gasteiger partial charge on any atom is -0.493 e. The van der Waals surface area contributed by atoms with Crippen LogP contribution in [0.4, 0.5) is 8.78 Å². The summed E-state index contributed by atoms with van der Waals surface area (Å²) in [6.07, 6.45) is 0. The number of aliphatic hydroxyl groups is 1. The predicted octanol–water partition coefficient (Wildman–Crippen LogP) is 3.94. The molecule has 0 spiro atoms. The molecule has 0 saturated carbocycles. The van der Waals surface area contributed by atoms with Gasteiger partial charge in [0, 0.05) is 6.54 Å². The number of nitrogens with one attached hydrogen (secondary N) is 2. The molecule has 3 N–H and O–H groups in total. The Labute approximate surface area is 190 Å². The number of hydrogen-bond acceptors (Lipinski definition) is 5. The number of aliphatic imine (C=N–C) groups is 1. The average Bonchev–Trinajstić information content (AvgIpc) is 3.19. The number of methoxy groups -OCH3 is 1. The molecule has 1 unspecified atom stereocenters. The van der Waals surface area contributed by atoms with Gasteiger partial charge < -0.3 is 25.2 Å². The largest absolute Gasteiger partial charge is 0.493 e. The van der Waals surface area contributed by atoms with Crippen LogP contribution in [0.5, 0.6) is 11.5 Å². The summed E-state index contributed by atoms with van der Waals surface area (Å²) in [7, 11) is 1.39. The summed E-state index contributed by atoms with van der Waals surface area (Å²) in [5, 5.41) is 20.6. The number of thiophene rings is 1. The summed E-state index contributed by atoms with van der Waals surface area (Å²) < 4.78 is 34.7. The molecule has 2 rings (SSSR count). The maximum Gasteiger partial charge on any atom is 0.387 e. The molecule has 1 aromatic carbocycles. The minimum atomic E-state index is -2.94. The van der Waals surface area contributed by atoms with E-state index in [0.717, 1.165) is 5.56 Å². The Morgan fingerprint density at radius 3 is 2.62 bits per heavy atom. The zero-order valence-corrected chi connectivity index (χ0v) is 19.6. The summed E-state index contributed by atoms with van der Waals surface area (Å²) in [5.41, 5.74) is 0.456. The van der Waals surface area contributed by atoms with Crippen molar-refractivity contribution in [1.82, 2.24) is 10.6 Å². The van der Waals surface area contributed by atoms with Crippen molar-refractivity contribution < 1.29 is 23.4 Å². The highest BCUT2D eigenvalue weighted by atomic mass is 127. The lowest BCUT2D eigenvalue weighted by atomic mass is 9.99. The lowest BCUT2D eigenvalue weighted by Gasteiger charge is -2.24. The monoisotopic (exact) mass is 541 g/mol. The maximum absolute atomic E-state index is 12.6. The molecule has 162 valence electrons. The van der Waals surface area contributed by atoms with Crippen LogP contribution in [0, 0.1) is 0 Å². The third-order valence-electron chi connectivity index (χ3n) is 3.95. The Morgan fingerprint density at radius 2 is 2.03 bits per heavy atom. The SMILES string of the molecule is CCNC(=NCc1ccc(OC)c(OC(F)F)c1)NCC(C)(O)c1ccsc1.I. The summed E-state index contributed by atoms with van der Waals surface area (Å²) >= 11 is 1.52. The lowest BCUT2D eigenvalue weighted by molar-refractivity contribution is -0.0512. The molecule has 29 heavy (non-hydrogen) atoms.